The van der Waals surface area contributed by atoms with E-state index in [1.165, 1.54) is 58.4 Å². The van der Waals surface area contributed by atoms with Crippen LogP contribution in [0.5, 0.6) is 0 Å². The number of nitrogens with zero attached hydrogens (tertiary/aromatic N) is 2. The second-order valence-electron chi connectivity index (χ2n) is 5.47. The zero-order valence-corrected chi connectivity index (χ0v) is 10.9. The van der Waals surface area contributed by atoms with Crippen molar-refractivity contribution in [1.29, 1.82) is 0 Å². The number of likely N-dealkylation sites (tertiary alicyclic amines) is 1. The van der Waals surface area contributed by atoms with E-state index in [0.717, 1.165) is 12.1 Å². The van der Waals surface area contributed by atoms with Crippen LogP contribution in [0, 0.1) is 0 Å². The van der Waals surface area contributed by atoms with Gasteiger partial charge in [-0.2, -0.15) is 0 Å². The summed E-state index contributed by atoms with van der Waals surface area (Å²) in [5, 5.41) is 3.65. The Kier molecular flexibility index (Phi) is 4.62. The molecule has 0 saturated carbocycles. The molecule has 0 spiro atoms. The molecule has 2 rings (SSSR count). The van der Waals surface area contributed by atoms with E-state index in [1.54, 1.807) is 0 Å². The van der Waals surface area contributed by atoms with Gasteiger partial charge in [-0.05, 0) is 39.4 Å². The smallest absolute Gasteiger partial charge is 0.0195 e. The summed E-state index contributed by atoms with van der Waals surface area (Å²) in [7, 11) is 2.24. The highest BCUT2D eigenvalue weighted by Crippen LogP contribution is 2.17. The summed E-state index contributed by atoms with van der Waals surface area (Å²) in [5.74, 6) is 0. The Balaban J connectivity index is 1.80. The number of piperidine rings is 1. The second-order valence-corrected chi connectivity index (χ2v) is 5.47. The van der Waals surface area contributed by atoms with E-state index < -0.39 is 0 Å². The molecule has 3 nitrogen and oxygen atoms in total. The maximum Gasteiger partial charge on any atom is 0.0195 e. The maximum atomic E-state index is 3.65. The molecule has 2 aliphatic rings. The monoisotopic (exact) mass is 225 g/mol. The lowest BCUT2D eigenvalue weighted by atomic mass is 10.0. The molecule has 2 saturated heterocycles. The lowest BCUT2D eigenvalue weighted by molar-refractivity contribution is 0.0900. The Morgan fingerprint density at radius 3 is 2.62 bits per heavy atom. The molecule has 3 heteroatoms. The van der Waals surface area contributed by atoms with Crippen LogP contribution in [0.1, 0.15) is 32.6 Å². The summed E-state index contributed by atoms with van der Waals surface area (Å²) in [6.07, 6.45) is 5.38. The van der Waals surface area contributed by atoms with Crippen molar-refractivity contribution in [1.82, 2.24) is 15.1 Å². The molecule has 0 aromatic carbocycles. The SMILES string of the molecule is CCCC1CN(C2CCN(C)CC2)CCN1. The van der Waals surface area contributed by atoms with Gasteiger partial charge in [-0.15, -0.1) is 0 Å². The highest BCUT2D eigenvalue weighted by molar-refractivity contribution is 4.85. The molecule has 94 valence electrons. The van der Waals surface area contributed by atoms with E-state index in [-0.39, 0.29) is 0 Å². The summed E-state index contributed by atoms with van der Waals surface area (Å²) in [4.78, 5) is 5.20. The van der Waals surface area contributed by atoms with Crippen LogP contribution in [0.15, 0.2) is 0 Å². The van der Waals surface area contributed by atoms with Crippen molar-refractivity contribution >= 4 is 0 Å². The Morgan fingerprint density at radius 1 is 1.19 bits per heavy atom. The third-order valence-corrected chi connectivity index (χ3v) is 4.13. The number of rotatable bonds is 3. The predicted octanol–water partition coefficient (Wildman–Crippen LogP) is 1.15. The largest absolute Gasteiger partial charge is 0.311 e. The summed E-state index contributed by atoms with van der Waals surface area (Å²) in [6.45, 7) is 8.59. The molecule has 2 aliphatic heterocycles. The molecule has 1 N–H and O–H groups in total. The van der Waals surface area contributed by atoms with Gasteiger partial charge in [0.2, 0.25) is 0 Å². The van der Waals surface area contributed by atoms with Gasteiger partial charge >= 0.3 is 0 Å². The first-order valence-corrected chi connectivity index (χ1v) is 6.95. The molecule has 2 fully saturated rings. The van der Waals surface area contributed by atoms with Crippen LogP contribution in [0.3, 0.4) is 0 Å². The quantitative estimate of drug-likeness (QED) is 0.777. The molecule has 1 atom stereocenters. The molecule has 0 aliphatic carbocycles. The van der Waals surface area contributed by atoms with Gasteiger partial charge in [-0.3, -0.25) is 4.90 Å². The zero-order valence-electron chi connectivity index (χ0n) is 10.9. The third kappa shape index (κ3) is 3.19. The van der Waals surface area contributed by atoms with Crippen molar-refractivity contribution in [2.45, 2.75) is 44.7 Å². The summed E-state index contributed by atoms with van der Waals surface area (Å²) < 4.78 is 0. The van der Waals surface area contributed by atoms with Gasteiger partial charge in [0.15, 0.2) is 0 Å². The fourth-order valence-electron chi connectivity index (χ4n) is 3.08. The molecule has 1 unspecified atom stereocenters. The van der Waals surface area contributed by atoms with Gasteiger partial charge in [-0.25, -0.2) is 0 Å². The number of piperazine rings is 1. The summed E-state index contributed by atoms with van der Waals surface area (Å²) in [5.41, 5.74) is 0. The van der Waals surface area contributed by atoms with Crippen molar-refractivity contribution in [2.75, 3.05) is 39.8 Å². The fraction of sp³-hybridized carbons (Fsp3) is 1.00. The van der Waals surface area contributed by atoms with Crippen molar-refractivity contribution in [3.05, 3.63) is 0 Å². The first-order chi connectivity index (χ1) is 7.79. The van der Waals surface area contributed by atoms with Crippen LogP contribution in [0.4, 0.5) is 0 Å². The Labute approximate surface area is 100 Å². The molecule has 16 heavy (non-hydrogen) atoms. The van der Waals surface area contributed by atoms with Gasteiger partial charge in [-0.1, -0.05) is 13.3 Å². The Hall–Kier alpha value is -0.120. The zero-order chi connectivity index (χ0) is 11.4. The summed E-state index contributed by atoms with van der Waals surface area (Å²) in [6, 6.07) is 1.61. The van der Waals surface area contributed by atoms with Crippen molar-refractivity contribution < 1.29 is 0 Å². The van der Waals surface area contributed by atoms with Crippen molar-refractivity contribution in [3.63, 3.8) is 0 Å². The minimum absolute atomic E-state index is 0.749. The van der Waals surface area contributed by atoms with Crippen LogP contribution < -0.4 is 5.32 Å². The van der Waals surface area contributed by atoms with E-state index in [2.05, 4.69) is 29.1 Å². The molecule has 0 aromatic rings. The van der Waals surface area contributed by atoms with Crippen LogP contribution in [0.2, 0.25) is 0 Å². The topological polar surface area (TPSA) is 18.5 Å². The number of hydrogen-bond donors (Lipinski definition) is 1. The highest BCUT2D eigenvalue weighted by Gasteiger charge is 2.27. The maximum absolute atomic E-state index is 3.65. The molecule has 0 bridgehead atoms. The van der Waals surface area contributed by atoms with Crippen LogP contribution in [0.25, 0.3) is 0 Å². The molecular weight excluding hydrogens is 198 g/mol. The van der Waals surface area contributed by atoms with Gasteiger partial charge < -0.3 is 10.2 Å². The van der Waals surface area contributed by atoms with Gasteiger partial charge in [0.25, 0.3) is 0 Å². The third-order valence-electron chi connectivity index (χ3n) is 4.13. The first kappa shape index (κ1) is 12.3. The average molecular weight is 225 g/mol. The molecule has 0 radical (unpaired) electrons. The van der Waals surface area contributed by atoms with E-state index in [0.29, 0.717) is 0 Å². The standard InChI is InChI=1S/C13H27N3/c1-3-4-12-11-16(10-7-14-12)13-5-8-15(2)9-6-13/h12-14H,3-11H2,1-2H3. The first-order valence-electron chi connectivity index (χ1n) is 6.95. The average Bonchev–Trinajstić information content (AvgIpc) is 2.31. The molecule has 2 heterocycles. The second kappa shape index (κ2) is 5.99. The number of hydrogen-bond acceptors (Lipinski definition) is 3. The van der Waals surface area contributed by atoms with E-state index in [4.69, 9.17) is 0 Å². The van der Waals surface area contributed by atoms with E-state index in [9.17, 15) is 0 Å². The predicted molar refractivity (Wildman–Crippen MR) is 68.8 cm³/mol. The molecular formula is C13H27N3. The van der Waals surface area contributed by atoms with Gasteiger partial charge in [0, 0.05) is 31.7 Å². The minimum atomic E-state index is 0.749. The molecule has 0 amide bonds. The normalized spacial score (nSPS) is 30.8. The fourth-order valence-corrected chi connectivity index (χ4v) is 3.08. The summed E-state index contributed by atoms with van der Waals surface area (Å²) >= 11 is 0. The van der Waals surface area contributed by atoms with Crippen LogP contribution in [-0.4, -0.2) is 61.7 Å². The van der Waals surface area contributed by atoms with Crippen LogP contribution >= 0.6 is 0 Å². The Bertz CT molecular complexity index is 197. The van der Waals surface area contributed by atoms with Crippen molar-refractivity contribution in [2.24, 2.45) is 0 Å². The lowest BCUT2D eigenvalue weighted by Crippen LogP contribution is -2.55. The minimum Gasteiger partial charge on any atom is -0.311 e. The molecule has 0 aromatic heterocycles. The number of nitrogens with one attached hydrogen (secondary N) is 1. The van der Waals surface area contributed by atoms with E-state index in [1.807, 2.05) is 0 Å². The van der Waals surface area contributed by atoms with E-state index >= 15 is 0 Å². The Morgan fingerprint density at radius 2 is 1.94 bits per heavy atom. The van der Waals surface area contributed by atoms with Gasteiger partial charge in [0.05, 0.1) is 0 Å². The highest BCUT2D eigenvalue weighted by atomic mass is 15.2. The van der Waals surface area contributed by atoms with Crippen LogP contribution in [-0.2, 0) is 0 Å². The van der Waals surface area contributed by atoms with Crippen molar-refractivity contribution in [3.8, 4) is 0 Å². The van der Waals surface area contributed by atoms with Gasteiger partial charge in [0.1, 0.15) is 0 Å². The lowest BCUT2D eigenvalue weighted by Gasteiger charge is -2.42.